The summed E-state index contributed by atoms with van der Waals surface area (Å²) in [5.41, 5.74) is 3.51. The van der Waals surface area contributed by atoms with Crippen LogP contribution < -0.4 is 14.8 Å². The number of methoxy groups -OCH3 is 2. The minimum atomic E-state index is 0.450. The molecule has 0 spiro atoms. The van der Waals surface area contributed by atoms with Crippen molar-refractivity contribution >= 4 is 28.5 Å². The first-order chi connectivity index (χ1) is 11.1. The fraction of sp³-hybridized carbons (Fsp3) is 0.250. The SMILES string of the molecule is COc1ccc(CNc2nc(Cl)c(C)c3[nH]cnc23)c(OC)c1. The smallest absolute Gasteiger partial charge is 0.156 e. The summed E-state index contributed by atoms with van der Waals surface area (Å²) in [6, 6.07) is 5.68. The van der Waals surface area contributed by atoms with E-state index in [0.717, 1.165) is 33.7 Å². The molecule has 3 aromatic rings. The molecule has 3 rings (SSSR count). The lowest BCUT2D eigenvalue weighted by atomic mass is 10.2. The third kappa shape index (κ3) is 2.90. The molecule has 1 aromatic carbocycles. The quantitative estimate of drug-likeness (QED) is 0.699. The summed E-state index contributed by atoms with van der Waals surface area (Å²) < 4.78 is 10.6. The van der Waals surface area contributed by atoms with Crippen LogP contribution in [0.3, 0.4) is 0 Å². The Bertz CT molecular complexity index is 847. The van der Waals surface area contributed by atoms with Crippen molar-refractivity contribution in [1.82, 2.24) is 15.0 Å². The number of aromatic amines is 1. The van der Waals surface area contributed by atoms with Crippen molar-refractivity contribution in [2.45, 2.75) is 13.5 Å². The normalized spacial score (nSPS) is 10.8. The van der Waals surface area contributed by atoms with Gasteiger partial charge in [-0.15, -0.1) is 0 Å². The average molecular weight is 333 g/mol. The predicted octanol–water partition coefficient (Wildman–Crippen LogP) is 3.55. The summed E-state index contributed by atoms with van der Waals surface area (Å²) in [4.78, 5) is 11.8. The summed E-state index contributed by atoms with van der Waals surface area (Å²) in [5.74, 6) is 2.12. The van der Waals surface area contributed by atoms with Gasteiger partial charge >= 0.3 is 0 Å². The molecule has 0 saturated heterocycles. The fourth-order valence-electron chi connectivity index (χ4n) is 2.40. The van der Waals surface area contributed by atoms with Crippen LogP contribution in [0.5, 0.6) is 11.5 Å². The molecule has 7 heteroatoms. The minimum absolute atomic E-state index is 0.450. The number of hydrogen-bond donors (Lipinski definition) is 2. The molecular weight excluding hydrogens is 316 g/mol. The largest absolute Gasteiger partial charge is 0.497 e. The first-order valence-electron chi connectivity index (χ1n) is 7.08. The van der Waals surface area contributed by atoms with Gasteiger partial charge in [-0.1, -0.05) is 11.6 Å². The van der Waals surface area contributed by atoms with Crippen molar-refractivity contribution < 1.29 is 9.47 Å². The van der Waals surface area contributed by atoms with Crippen LogP contribution in [0.2, 0.25) is 5.15 Å². The Labute approximate surface area is 138 Å². The molecule has 0 aliphatic carbocycles. The highest BCUT2D eigenvalue weighted by Gasteiger charge is 2.13. The molecular formula is C16H17ClN4O2. The number of nitrogens with one attached hydrogen (secondary N) is 2. The molecule has 0 aliphatic rings. The van der Waals surface area contributed by atoms with Crippen molar-refractivity contribution in [3.05, 3.63) is 40.8 Å². The van der Waals surface area contributed by atoms with E-state index in [9.17, 15) is 0 Å². The van der Waals surface area contributed by atoms with Crippen LogP contribution in [0.25, 0.3) is 11.0 Å². The number of aromatic nitrogens is 3. The average Bonchev–Trinajstić information content (AvgIpc) is 3.06. The second-order valence-electron chi connectivity index (χ2n) is 5.03. The van der Waals surface area contributed by atoms with E-state index in [1.54, 1.807) is 20.5 Å². The zero-order valence-corrected chi connectivity index (χ0v) is 13.9. The summed E-state index contributed by atoms with van der Waals surface area (Å²) in [6.45, 7) is 2.44. The Balaban J connectivity index is 1.89. The number of rotatable bonds is 5. The first-order valence-corrected chi connectivity index (χ1v) is 7.45. The number of anilines is 1. The Morgan fingerprint density at radius 1 is 1.26 bits per heavy atom. The zero-order chi connectivity index (χ0) is 16.4. The molecule has 0 fully saturated rings. The van der Waals surface area contributed by atoms with E-state index in [1.165, 1.54) is 0 Å². The molecule has 0 radical (unpaired) electrons. The van der Waals surface area contributed by atoms with Crippen LogP contribution in [0.4, 0.5) is 5.82 Å². The molecule has 0 unspecified atom stereocenters. The number of H-pyrrole nitrogens is 1. The lowest BCUT2D eigenvalue weighted by Gasteiger charge is -2.12. The number of benzene rings is 1. The number of ether oxygens (including phenoxy) is 2. The maximum absolute atomic E-state index is 6.19. The molecule has 0 bridgehead atoms. The molecule has 2 aromatic heterocycles. The molecule has 6 nitrogen and oxygen atoms in total. The van der Waals surface area contributed by atoms with Crippen molar-refractivity contribution in [3.63, 3.8) is 0 Å². The number of aryl methyl sites for hydroxylation is 1. The van der Waals surface area contributed by atoms with E-state index in [1.807, 2.05) is 25.1 Å². The van der Waals surface area contributed by atoms with Crippen LogP contribution >= 0.6 is 11.6 Å². The van der Waals surface area contributed by atoms with Gasteiger partial charge in [0.05, 0.1) is 26.1 Å². The summed E-state index contributed by atoms with van der Waals surface area (Å²) >= 11 is 6.19. The monoisotopic (exact) mass is 332 g/mol. The van der Waals surface area contributed by atoms with Crippen LogP contribution in [-0.2, 0) is 6.54 Å². The number of hydrogen-bond acceptors (Lipinski definition) is 5. The zero-order valence-electron chi connectivity index (χ0n) is 13.1. The third-order valence-corrected chi connectivity index (χ3v) is 4.07. The van der Waals surface area contributed by atoms with Crippen LogP contribution in [0, 0.1) is 6.92 Å². The Morgan fingerprint density at radius 2 is 2.09 bits per heavy atom. The second-order valence-corrected chi connectivity index (χ2v) is 5.39. The van der Waals surface area contributed by atoms with Gasteiger partial charge in [-0.3, -0.25) is 0 Å². The third-order valence-electron chi connectivity index (χ3n) is 3.70. The standard InChI is InChI=1S/C16H17ClN4O2/c1-9-13-14(20-8-19-13)16(21-15(9)17)18-7-10-4-5-11(22-2)6-12(10)23-3/h4-6,8H,7H2,1-3H3,(H,18,21)(H,19,20). The maximum Gasteiger partial charge on any atom is 0.156 e. The van der Waals surface area contributed by atoms with Crippen LogP contribution in [-0.4, -0.2) is 29.2 Å². The van der Waals surface area contributed by atoms with E-state index >= 15 is 0 Å². The number of halogens is 1. The van der Waals surface area contributed by atoms with Crippen LogP contribution in [0.1, 0.15) is 11.1 Å². The van der Waals surface area contributed by atoms with Gasteiger partial charge in [-0.25, -0.2) is 9.97 Å². The molecule has 0 amide bonds. The maximum atomic E-state index is 6.19. The van der Waals surface area contributed by atoms with Crippen molar-refractivity contribution in [2.24, 2.45) is 0 Å². The Morgan fingerprint density at radius 3 is 2.83 bits per heavy atom. The predicted molar refractivity (Wildman–Crippen MR) is 90.5 cm³/mol. The van der Waals surface area contributed by atoms with Gasteiger partial charge < -0.3 is 19.8 Å². The van der Waals surface area contributed by atoms with Gasteiger partial charge in [-0.2, -0.15) is 0 Å². The van der Waals surface area contributed by atoms with E-state index in [4.69, 9.17) is 21.1 Å². The van der Waals surface area contributed by atoms with Gasteiger partial charge in [0, 0.05) is 23.7 Å². The fourth-order valence-corrected chi connectivity index (χ4v) is 2.58. The van der Waals surface area contributed by atoms with Crippen molar-refractivity contribution in [3.8, 4) is 11.5 Å². The van der Waals surface area contributed by atoms with E-state index < -0.39 is 0 Å². The van der Waals surface area contributed by atoms with Crippen molar-refractivity contribution in [2.75, 3.05) is 19.5 Å². The summed E-state index contributed by atoms with van der Waals surface area (Å²) in [6.07, 6.45) is 1.63. The molecule has 23 heavy (non-hydrogen) atoms. The van der Waals surface area contributed by atoms with Gasteiger partial charge in [0.1, 0.15) is 22.2 Å². The van der Waals surface area contributed by atoms with Gasteiger partial charge in [0.2, 0.25) is 0 Å². The first kappa shape index (κ1) is 15.4. The van der Waals surface area contributed by atoms with Gasteiger partial charge in [0.15, 0.2) is 5.82 Å². The molecule has 0 saturated carbocycles. The minimum Gasteiger partial charge on any atom is -0.497 e. The molecule has 2 heterocycles. The number of pyridine rings is 1. The Kier molecular flexibility index (Phi) is 4.25. The van der Waals surface area contributed by atoms with Crippen molar-refractivity contribution in [1.29, 1.82) is 0 Å². The second kappa shape index (κ2) is 6.34. The lowest BCUT2D eigenvalue weighted by molar-refractivity contribution is 0.391. The highest BCUT2D eigenvalue weighted by atomic mass is 35.5. The number of fused-ring (bicyclic) bond motifs is 1. The van der Waals surface area contributed by atoms with E-state index in [-0.39, 0.29) is 0 Å². The molecule has 0 atom stereocenters. The lowest BCUT2D eigenvalue weighted by Crippen LogP contribution is -2.05. The molecule has 2 N–H and O–H groups in total. The number of nitrogens with zero attached hydrogens (tertiary/aromatic N) is 2. The van der Waals surface area contributed by atoms with E-state index in [0.29, 0.717) is 17.5 Å². The molecule has 120 valence electrons. The molecule has 0 aliphatic heterocycles. The van der Waals surface area contributed by atoms with Gasteiger partial charge in [-0.05, 0) is 19.1 Å². The summed E-state index contributed by atoms with van der Waals surface area (Å²) in [5, 5.41) is 3.72. The highest BCUT2D eigenvalue weighted by molar-refractivity contribution is 6.31. The summed E-state index contributed by atoms with van der Waals surface area (Å²) in [7, 11) is 3.25. The highest BCUT2D eigenvalue weighted by Crippen LogP contribution is 2.29. The van der Waals surface area contributed by atoms with Crippen LogP contribution in [0.15, 0.2) is 24.5 Å². The van der Waals surface area contributed by atoms with E-state index in [2.05, 4.69) is 20.3 Å². The Hall–Kier alpha value is -2.47. The topological polar surface area (TPSA) is 72.1 Å². The number of imidazole rings is 1. The van der Waals surface area contributed by atoms with Gasteiger partial charge in [0.25, 0.3) is 0 Å².